The number of nitrogens with one attached hydrogen (secondary N) is 1. The zero-order valence-electron chi connectivity index (χ0n) is 21.8. The van der Waals surface area contributed by atoms with Crippen LogP contribution >= 0.6 is 22.9 Å². The van der Waals surface area contributed by atoms with Gasteiger partial charge < -0.3 is 20.2 Å². The highest BCUT2D eigenvalue weighted by molar-refractivity contribution is 7.11. The average Bonchev–Trinajstić information content (AvgIpc) is 3.74. The smallest absolute Gasteiger partial charge is 0.333 e. The van der Waals surface area contributed by atoms with E-state index in [1.54, 1.807) is 11.1 Å². The molecule has 9 nitrogen and oxygen atoms in total. The molecule has 3 aliphatic heterocycles. The summed E-state index contributed by atoms with van der Waals surface area (Å²) in [5.41, 5.74) is 2.09. The first-order valence-electron chi connectivity index (χ1n) is 13.3. The number of urea groups is 1. The van der Waals surface area contributed by atoms with Gasteiger partial charge in [-0.25, -0.2) is 18.9 Å². The van der Waals surface area contributed by atoms with Crippen molar-refractivity contribution < 1.29 is 23.1 Å². The van der Waals surface area contributed by atoms with Crippen LogP contribution in [-0.4, -0.2) is 73.8 Å². The molecule has 216 valence electrons. The summed E-state index contributed by atoms with van der Waals surface area (Å²) in [5, 5.41) is 19.3. The van der Waals surface area contributed by atoms with E-state index in [0.29, 0.717) is 52.7 Å². The number of carbonyl (C=O) groups is 1. The molecule has 1 aromatic carbocycles. The number of carbonyl (C=O) groups excluding carboxylic acids is 1. The van der Waals surface area contributed by atoms with Gasteiger partial charge in [0.25, 0.3) is 0 Å². The van der Waals surface area contributed by atoms with Crippen LogP contribution in [0.5, 0.6) is 0 Å². The van der Waals surface area contributed by atoms with Crippen LogP contribution in [0.4, 0.5) is 18.0 Å². The van der Waals surface area contributed by atoms with E-state index in [2.05, 4.69) is 15.4 Å². The number of rotatable bonds is 6. The number of piperidine rings is 1. The van der Waals surface area contributed by atoms with Crippen molar-refractivity contribution in [3.05, 3.63) is 74.8 Å². The molecule has 5 heterocycles. The Labute approximate surface area is 243 Å². The molecule has 2 atom stereocenters. The number of aliphatic imine (C=N–C) groups is 1. The molecule has 0 spiro atoms. The first kappa shape index (κ1) is 27.7. The lowest BCUT2D eigenvalue weighted by atomic mass is 9.92. The number of likely N-dealkylation sites (tertiary alicyclic amines) is 1. The van der Waals surface area contributed by atoms with Crippen molar-refractivity contribution in [3.8, 4) is 0 Å². The van der Waals surface area contributed by atoms with Crippen LogP contribution in [0.1, 0.15) is 48.1 Å². The van der Waals surface area contributed by atoms with Crippen molar-refractivity contribution in [3.63, 3.8) is 0 Å². The number of hydrogen-bond donors (Lipinski definition) is 2. The van der Waals surface area contributed by atoms with Gasteiger partial charge in [0.15, 0.2) is 10.8 Å². The lowest BCUT2D eigenvalue weighted by Crippen LogP contribution is -2.49. The maximum Gasteiger partial charge on any atom is 0.333 e. The second-order valence-corrected chi connectivity index (χ2v) is 11.6. The Morgan fingerprint density at radius 3 is 2.71 bits per heavy atom. The van der Waals surface area contributed by atoms with Gasteiger partial charge in [0, 0.05) is 72.3 Å². The Hall–Kier alpha value is -3.42. The molecule has 0 saturated carbocycles. The molecule has 3 aromatic rings. The molecule has 6 rings (SSSR count). The van der Waals surface area contributed by atoms with Crippen molar-refractivity contribution in [2.45, 2.75) is 37.9 Å². The van der Waals surface area contributed by atoms with Crippen LogP contribution < -0.4 is 5.32 Å². The lowest BCUT2D eigenvalue weighted by Gasteiger charge is -2.32. The number of thiazole rings is 1. The Kier molecular flexibility index (Phi) is 7.75. The molecule has 2 fully saturated rings. The van der Waals surface area contributed by atoms with Crippen LogP contribution in [0.3, 0.4) is 0 Å². The van der Waals surface area contributed by atoms with Crippen molar-refractivity contribution in [2.75, 3.05) is 26.2 Å². The minimum atomic E-state index is -2.83. The number of amidine groups is 1. The van der Waals surface area contributed by atoms with Crippen LogP contribution in [0, 0.1) is 11.7 Å². The second-order valence-electron chi connectivity index (χ2n) is 10.3. The summed E-state index contributed by atoms with van der Waals surface area (Å²) < 4.78 is 41.6. The Morgan fingerprint density at radius 2 is 2.05 bits per heavy atom. The van der Waals surface area contributed by atoms with Crippen molar-refractivity contribution in [1.82, 2.24) is 29.9 Å². The number of hydrogen-bond acceptors (Lipinski definition) is 7. The molecular formula is C27H27ClF3N7O2S. The van der Waals surface area contributed by atoms with Gasteiger partial charge in [-0.15, -0.1) is 11.3 Å². The molecule has 0 radical (unpaired) electrons. The molecule has 2 N–H and O–H groups in total. The van der Waals surface area contributed by atoms with E-state index in [-0.39, 0.29) is 35.3 Å². The van der Waals surface area contributed by atoms with Crippen molar-refractivity contribution >= 4 is 40.4 Å². The van der Waals surface area contributed by atoms with Crippen molar-refractivity contribution in [2.24, 2.45) is 10.9 Å². The predicted octanol–water partition coefficient (Wildman–Crippen LogP) is 4.93. The minimum absolute atomic E-state index is 0.114. The fraction of sp³-hybridized carbons (Fsp3) is 0.407. The van der Waals surface area contributed by atoms with Gasteiger partial charge in [-0.3, -0.25) is 4.99 Å². The van der Waals surface area contributed by atoms with Gasteiger partial charge in [0.05, 0.1) is 11.7 Å². The van der Waals surface area contributed by atoms with E-state index in [1.807, 2.05) is 10.3 Å². The highest BCUT2D eigenvalue weighted by Gasteiger charge is 2.41. The molecule has 0 unspecified atom stereocenters. The van der Waals surface area contributed by atoms with Gasteiger partial charge in [0.1, 0.15) is 11.9 Å². The summed E-state index contributed by atoms with van der Waals surface area (Å²) in [6.45, 7) is -1.21. The van der Waals surface area contributed by atoms with Gasteiger partial charge in [0.2, 0.25) is 0 Å². The molecular weight excluding hydrogens is 579 g/mol. The van der Waals surface area contributed by atoms with E-state index in [4.69, 9.17) is 16.6 Å². The summed E-state index contributed by atoms with van der Waals surface area (Å²) in [5.74, 6) is 0.244. The minimum Gasteiger partial charge on any atom is -0.396 e. The third-order valence-corrected chi connectivity index (χ3v) is 8.81. The lowest BCUT2D eigenvalue weighted by molar-refractivity contribution is 0.0564. The SMILES string of the molecule is O=C(N[C@H]1CC2=C(c3ccn(C(F)F)n3)[C@H](c3ccc(F)cc3Cl)N=C(c3nccs3)N2C1)N1CCC(CO)CC1. The van der Waals surface area contributed by atoms with Gasteiger partial charge in [-0.2, -0.15) is 13.9 Å². The third kappa shape index (κ3) is 5.45. The van der Waals surface area contributed by atoms with E-state index in [9.17, 15) is 23.1 Å². The van der Waals surface area contributed by atoms with Gasteiger partial charge in [-0.1, -0.05) is 17.7 Å². The third-order valence-electron chi connectivity index (χ3n) is 7.71. The largest absolute Gasteiger partial charge is 0.396 e. The van der Waals surface area contributed by atoms with Crippen LogP contribution in [0.2, 0.25) is 5.02 Å². The summed E-state index contributed by atoms with van der Waals surface area (Å²) in [6.07, 6.45) is 4.73. The van der Waals surface area contributed by atoms with Crippen molar-refractivity contribution in [1.29, 1.82) is 0 Å². The summed E-state index contributed by atoms with van der Waals surface area (Å²) in [7, 11) is 0. The number of nitrogens with zero attached hydrogens (tertiary/aromatic N) is 6. The van der Waals surface area contributed by atoms with Crippen LogP contribution in [0.25, 0.3) is 5.57 Å². The highest BCUT2D eigenvalue weighted by Crippen LogP contribution is 2.46. The topological polar surface area (TPSA) is 98.9 Å². The molecule has 41 heavy (non-hydrogen) atoms. The summed E-state index contributed by atoms with van der Waals surface area (Å²) in [4.78, 5) is 26.3. The summed E-state index contributed by atoms with van der Waals surface area (Å²) in [6, 6.07) is 4.23. The van der Waals surface area contributed by atoms with E-state index < -0.39 is 18.4 Å². The number of alkyl halides is 2. The molecule has 0 aliphatic carbocycles. The number of aliphatic hydroxyl groups is 1. The predicted molar refractivity (Wildman–Crippen MR) is 148 cm³/mol. The quantitative estimate of drug-likeness (QED) is 0.415. The van der Waals surface area contributed by atoms with Gasteiger partial charge >= 0.3 is 12.6 Å². The zero-order chi connectivity index (χ0) is 28.7. The zero-order valence-corrected chi connectivity index (χ0v) is 23.3. The molecule has 2 amide bonds. The Bertz CT molecular complexity index is 1490. The molecule has 14 heteroatoms. The number of halogens is 4. The van der Waals surface area contributed by atoms with Crippen LogP contribution in [-0.2, 0) is 0 Å². The fourth-order valence-electron chi connectivity index (χ4n) is 5.64. The Balaban J connectivity index is 1.40. The molecule has 2 aromatic heterocycles. The highest BCUT2D eigenvalue weighted by atomic mass is 35.5. The second kappa shape index (κ2) is 11.5. The Morgan fingerprint density at radius 1 is 1.24 bits per heavy atom. The van der Waals surface area contributed by atoms with E-state index in [1.165, 1.54) is 41.8 Å². The molecule has 3 aliphatic rings. The standard InChI is InChI=1S/C27H27ClF3N7O2S/c28-19-11-16(29)1-2-18(19)23-22(20-5-9-38(35-20)26(30)31)21-12-17(13-37(21)24(34-23)25-32-6-10-41-25)33-27(40)36-7-3-15(14-39)4-8-36/h1-2,5-6,9-11,15,17,23,26,39H,3-4,7-8,12-14H2,(H,33,40)/t17-,23-/m0/s1. The molecule has 0 bridgehead atoms. The van der Waals surface area contributed by atoms with Gasteiger partial charge in [-0.05, 0) is 37.0 Å². The number of fused-ring (bicyclic) bond motifs is 1. The average molecular weight is 606 g/mol. The number of amides is 2. The monoisotopic (exact) mass is 605 g/mol. The maximum atomic E-state index is 14.0. The normalized spacial score (nSPS) is 21.5. The first-order valence-corrected chi connectivity index (χ1v) is 14.5. The molecule has 2 saturated heterocycles. The first-order chi connectivity index (χ1) is 19.8. The number of benzene rings is 1. The maximum absolute atomic E-state index is 14.0. The van der Waals surface area contributed by atoms with E-state index in [0.717, 1.165) is 18.5 Å². The summed E-state index contributed by atoms with van der Waals surface area (Å²) >= 11 is 7.90. The van der Waals surface area contributed by atoms with Crippen LogP contribution in [0.15, 0.2) is 52.7 Å². The van der Waals surface area contributed by atoms with E-state index >= 15 is 0 Å². The number of aliphatic hydroxyl groups excluding tert-OH is 1. The number of aromatic nitrogens is 3. The fourth-order valence-corrected chi connectivity index (χ4v) is 6.55.